The highest BCUT2D eigenvalue weighted by Gasteiger charge is 2.24. The Morgan fingerprint density at radius 3 is 2.31 bits per heavy atom. The third-order valence-electron chi connectivity index (χ3n) is 1.42. The number of esters is 1. The van der Waals surface area contributed by atoms with E-state index in [4.69, 9.17) is 9.47 Å². The average molecular weight is 343 g/mol. The molecule has 5 nitrogen and oxygen atoms in total. The molecule has 1 amide bonds. The molecule has 0 aliphatic heterocycles. The number of alkyl halides is 1. The van der Waals surface area contributed by atoms with Crippen molar-refractivity contribution in [1.82, 2.24) is 5.32 Å². The molecule has 0 radical (unpaired) electrons. The third-order valence-corrected chi connectivity index (χ3v) is 2.30. The second-order valence-electron chi connectivity index (χ2n) is 4.11. The van der Waals surface area contributed by atoms with Crippen molar-refractivity contribution in [3.63, 3.8) is 0 Å². The molecular formula is C10H18INO4. The molecule has 16 heavy (non-hydrogen) atoms. The van der Waals surface area contributed by atoms with E-state index in [2.05, 4.69) is 5.32 Å². The van der Waals surface area contributed by atoms with Gasteiger partial charge in [-0.15, -0.1) is 0 Å². The molecule has 0 fully saturated rings. The van der Waals surface area contributed by atoms with E-state index in [-0.39, 0.29) is 0 Å². The van der Waals surface area contributed by atoms with Crippen LogP contribution in [-0.2, 0) is 14.3 Å². The average Bonchev–Trinajstić information content (AvgIpc) is 2.11. The van der Waals surface area contributed by atoms with E-state index < -0.39 is 23.7 Å². The van der Waals surface area contributed by atoms with E-state index in [9.17, 15) is 9.59 Å². The standard InChI is InChI=1S/C10H18INO4/c1-5-15-8(13)7(6-11)12-9(14)16-10(2,3)4/h7H,5-6H2,1-4H3,(H,12,14). The molecule has 6 heteroatoms. The van der Waals surface area contributed by atoms with Crippen LogP contribution in [0.1, 0.15) is 27.7 Å². The highest BCUT2D eigenvalue weighted by atomic mass is 127. The summed E-state index contributed by atoms with van der Waals surface area (Å²) in [6.07, 6.45) is -0.609. The number of carbonyl (C=O) groups excluding carboxylic acids is 2. The van der Waals surface area contributed by atoms with Crippen LogP contribution in [0.5, 0.6) is 0 Å². The molecule has 0 aromatic heterocycles. The molecule has 1 unspecified atom stereocenters. The van der Waals surface area contributed by atoms with Gasteiger partial charge in [-0.05, 0) is 27.7 Å². The second-order valence-corrected chi connectivity index (χ2v) is 4.99. The Morgan fingerprint density at radius 1 is 1.38 bits per heavy atom. The Hall–Kier alpha value is -0.530. The van der Waals surface area contributed by atoms with Crippen LogP contribution in [0.4, 0.5) is 4.79 Å². The fourth-order valence-corrected chi connectivity index (χ4v) is 1.43. The van der Waals surface area contributed by atoms with Crippen molar-refractivity contribution < 1.29 is 19.1 Å². The Balaban J connectivity index is 4.22. The lowest BCUT2D eigenvalue weighted by Gasteiger charge is -2.22. The Morgan fingerprint density at radius 2 is 1.94 bits per heavy atom. The van der Waals surface area contributed by atoms with Gasteiger partial charge >= 0.3 is 12.1 Å². The second kappa shape index (κ2) is 6.93. The number of ether oxygens (including phenoxy) is 2. The predicted octanol–water partition coefficient (Wildman–Crippen LogP) is 1.88. The van der Waals surface area contributed by atoms with Crippen molar-refractivity contribution >= 4 is 34.7 Å². The zero-order valence-electron chi connectivity index (χ0n) is 10.0. The van der Waals surface area contributed by atoms with Gasteiger partial charge in [-0.3, -0.25) is 0 Å². The highest BCUT2D eigenvalue weighted by molar-refractivity contribution is 14.1. The van der Waals surface area contributed by atoms with Gasteiger partial charge in [-0.25, -0.2) is 9.59 Å². The Bertz CT molecular complexity index is 250. The van der Waals surface area contributed by atoms with Crippen LogP contribution < -0.4 is 5.32 Å². The Kier molecular flexibility index (Phi) is 6.70. The van der Waals surface area contributed by atoms with E-state index in [0.717, 1.165) is 0 Å². The topological polar surface area (TPSA) is 64.6 Å². The number of alkyl carbamates (subject to hydrolysis) is 1. The normalized spacial score (nSPS) is 12.8. The third kappa shape index (κ3) is 6.86. The number of amides is 1. The molecule has 0 saturated carbocycles. The fourth-order valence-electron chi connectivity index (χ4n) is 0.853. The van der Waals surface area contributed by atoms with Crippen LogP contribution in [-0.4, -0.2) is 34.7 Å². The van der Waals surface area contributed by atoms with Crippen molar-refractivity contribution in [2.24, 2.45) is 0 Å². The zero-order chi connectivity index (χ0) is 12.8. The lowest BCUT2D eigenvalue weighted by molar-refractivity contribution is -0.144. The van der Waals surface area contributed by atoms with Gasteiger partial charge in [0.25, 0.3) is 0 Å². The first kappa shape index (κ1) is 15.5. The molecule has 0 aliphatic rings. The van der Waals surface area contributed by atoms with E-state index in [1.165, 1.54) is 0 Å². The molecule has 0 rings (SSSR count). The molecule has 0 heterocycles. The Labute approximate surface area is 109 Å². The number of nitrogens with one attached hydrogen (secondary N) is 1. The van der Waals surface area contributed by atoms with Crippen LogP contribution >= 0.6 is 22.6 Å². The molecule has 94 valence electrons. The van der Waals surface area contributed by atoms with Gasteiger partial charge in [0.2, 0.25) is 0 Å². The van der Waals surface area contributed by atoms with E-state index in [0.29, 0.717) is 11.0 Å². The number of hydrogen-bond donors (Lipinski definition) is 1. The van der Waals surface area contributed by atoms with Gasteiger partial charge in [0, 0.05) is 4.43 Å². The van der Waals surface area contributed by atoms with Gasteiger partial charge in [0.15, 0.2) is 0 Å². The number of carbonyl (C=O) groups is 2. The van der Waals surface area contributed by atoms with Crippen LogP contribution in [0.2, 0.25) is 0 Å². The molecule has 1 N–H and O–H groups in total. The maximum Gasteiger partial charge on any atom is 0.408 e. The van der Waals surface area contributed by atoms with Crippen LogP contribution in [0.25, 0.3) is 0 Å². The minimum Gasteiger partial charge on any atom is -0.464 e. The molecule has 0 aliphatic carbocycles. The SMILES string of the molecule is CCOC(=O)C(CI)NC(=O)OC(C)(C)C. The van der Waals surface area contributed by atoms with Gasteiger partial charge in [-0.1, -0.05) is 22.6 Å². The number of hydrogen-bond acceptors (Lipinski definition) is 4. The minimum atomic E-state index is -0.657. The summed E-state index contributed by atoms with van der Waals surface area (Å²) < 4.78 is 10.3. The summed E-state index contributed by atoms with van der Waals surface area (Å²) in [4.78, 5) is 22.8. The summed E-state index contributed by atoms with van der Waals surface area (Å²) in [7, 11) is 0. The predicted molar refractivity (Wildman–Crippen MR) is 68.7 cm³/mol. The van der Waals surface area contributed by atoms with Gasteiger partial charge < -0.3 is 14.8 Å². The molecule has 0 aromatic carbocycles. The highest BCUT2D eigenvalue weighted by Crippen LogP contribution is 2.07. The quantitative estimate of drug-likeness (QED) is 0.481. The molecular weight excluding hydrogens is 325 g/mol. The lowest BCUT2D eigenvalue weighted by Crippen LogP contribution is -2.45. The lowest BCUT2D eigenvalue weighted by atomic mass is 10.2. The van der Waals surface area contributed by atoms with Crippen molar-refractivity contribution in [2.45, 2.75) is 39.3 Å². The van der Waals surface area contributed by atoms with Gasteiger partial charge in [-0.2, -0.15) is 0 Å². The largest absolute Gasteiger partial charge is 0.464 e. The van der Waals surface area contributed by atoms with E-state index in [1.54, 1.807) is 27.7 Å². The molecule has 0 spiro atoms. The molecule has 0 saturated heterocycles. The maximum atomic E-state index is 11.4. The zero-order valence-corrected chi connectivity index (χ0v) is 12.2. The smallest absolute Gasteiger partial charge is 0.408 e. The maximum absolute atomic E-state index is 11.4. The van der Waals surface area contributed by atoms with Gasteiger partial charge in [0.1, 0.15) is 11.6 Å². The first-order valence-corrected chi connectivity index (χ1v) is 6.54. The number of rotatable bonds is 4. The molecule has 0 bridgehead atoms. The summed E-state index contributed by atoms with van der Waals surface area (Å²) in [5.74, 6) is -0.442. The van der Waals surface area contributed by atoms with E-state index >= 15 is 0 Å². The first-order valence-electron chi connectivity index (χ1n) is 5.02. The summed E-state index contributed by atoms with van der Waals surface area (Å²) >= 11 is 2.00. The monoisotopic (exact) mass is 343 g/mol. The van der Waals surface area contributed by atoms with Crippen LogP contribution in [0.15, 0.2) is 0 Å². The molecule has 0 aromatic rings. The molecule has 1 atom stereocenters. The van der Waals surface area contributed by atoms with Crippen molar-refractivity contribution in [3.05, 3.63) is 0 Å². The van der Waals surface area contributed by atoms with Crippen LogP contribution in [0, 0.1) is 0 Å². The van der Waals surface area contributed by atoms with E-state index in [1.807, 2.05) is 22.6 Å². The summed E-state index contributed by atoms with van der Waals surface area (Å²) in [6, 6.07) is -0.657. The van der Waals surface area contributed by atoms with Crippen molar-refractivity contribution in [1.29, 1.82) is 0 Å². The summed E-state index contributed by atoms with van der Waals surface area (Å²) in [5, 5.41) is 2.46. The summed E-state index contributed by atoms with van der Waals surface area (Å²) in [6.45, 7) is 7.29. The van der Waals surface area contributed by atoms with Crippen LogP contribution in [0.3, 0.4) is 0 Å². The van der Waals surface area contributed by atoms with Gasteiger partial charge in [0.05, 0.1) is 6.61 Å². The number of halogens is 1. The fraction of sp³-hybridized carbons (Fsp3) is 0.800. The van der Waals surface area contributed by atoms with Crippen molar-refractivity contribution in [3.8, 4) is 0 Å². The summed E-state index contributed by atoms with van der Waals surface area (Å²) in [5.41, 5.74) is -0.575. The van der Waals surface area contributed by atoms with Crippen molar-refractivity contribution in [2.75, 3.05) is 11.0 Å². The minimum absolute atomic E-state index is 0.294. The first-order chi connectivity index (χ1) is 7.30.